The number of nitrogens with zero attached hydrogens (tertiary/aromatic N) is 2. The van der Waals surface area contributed by atoms with Crippen LogP contribution in [0, 0.1) is 0 Å². The van der Waals surface area contributed by atoms with Crippen molar-refractivity contribution < 1.29 is 19.1 Å². The number of fused-ring (bicyclic) bond motifs is 1. The molecule has 0 spiro atoms. The molecule has 0 bridgehead atoms. The van der Waals surface area contributed by atoms with E-state index in [2.05, 4.69) is 15.9 Å². The first kappa shape index (κ1) is 15.9. The third kappa shape index (κ3) is 2.43. The highest BCUT2D eigenvalue weighted by Gasteiger charge is 2.38. The van der Waals surface area contributed by atoms with Crippen LogP contribution in [0.3, 0.4) is 0 Å². The van der Waals surface area contributed by atoms with Gasteiger partial charge in [0.05, 0.1) is 13.7 Å². The number of likely N-dealkylation sites (N-methyl/N-ethyl adjacent to an activating group) is 1. The molecule has 0 saturated heterocycles. The molecular weight excluding hydrogens is 340 g/mol. The Labute approximate surface area is 132 Å². The molecule has 0 aliphatic carbocycles. The van der Waals surface area contributed by atoms with Gasteiger partial charge in [0.25, 0.3) is 5.91 Å². The summed E-state index contributed by atoms with van der Waals surface area (Å²) in [5.74, 6) is -0.356. The molecule has 1 atom stereocenters. The molecule has 1 aliphatic heterocycles. The maximum absolute atomic E-state index is 12.6. The number of ether oxygens (including phenoxy) is 2. The Morgan fingerprint density at radius 3 is 2.62 bits per heavy atom. The lowest BCUT2D eigenvalue weighted by atomic mass is 10.2. The molecule has 2 heterocycles. The average Bonchev–Trinajstić information content (AvgIpc) is 2.76. The van der Waals surface area contributed by atoms with E-state index in [9.17, 15) is 9.59 Å². The third-order valence-corrected chi connectivity index (χ3v) is 4.36. The Balaban J connectivity index is 2.65. The molecule has 0 fully saturated rings. The van der Waals surface area contributed by atoms with E-state index in [4.69, 9.17) is 9.47 Å². The van der Waals surface area contributed by atoms with Gasteiger partial charge in [0, 0.05) is 19.1 Å². The molecule has 1 aliphatic rings. The van der Waals surface area contributed by atoms with Crippen LogP contribution in [0.2, 0.25) is 0 Å². The number of carbonyl (C=O) groups is 2. The second kappa shape index (κ2) is 6.09. The second-order valence-corrected chi connectivity index (χ2v) is 5.58. The molecule has 1 aromatic rings. The number of hydrogen-bond donors (Lipinski definition) is 0. The molecule has 7 heteroatoms. The highest BCUT2D eigenvalue weighted by Crippen LogP contribution is 2.40. The van der Waals surface area contributed by atoms with Crippen LogP contribution in [0.1, 0.15) is 47.7 Å². The fraction of sp³-hybridized carbons (Fsp3) is 0.571. The largest absolute Gasteiger partial charge is 0.493 e. The number of aromatic nitrogens is 1. The highest BCUT2D eigenvalue weighted by atomic mass is 79.9. The summed E-state index contributed by atoms with van der Waals surface area (Å²) in [4.78, 5) is 26.5. The molecular formula is C14H19BrN2O4. The van der Waals surface area contributed by atoms with Gasteiger partial charge >= 0.3 is 5.97 Å². The van der Waals surface area contributed by atoms with E-state index in [1.165, 1.54) is 7.11 Å². The molecule has 0 saturated carbocycles. The van der Waals surface area contributed by atoms with E-state index in [0.29, 0.717) is 23.4 Å². The summed E-state index contributed by atoms with van der Waals surface area (Å²) >= 11 is 3.42. The van der Waals surface area contributed by atoms with Crippen LogP contribution in [0.5, 0.6) is 5.75 Å². The van der Waals surface area contributed by atoms with Gasteiger partial charge in [-0.2, -0.15) is 0 Å². The molecule has 0 aromatic carbocycles. The van der Waals surface area contributed by atoms with Crippen molar-refractivity contribution in [1.82, 2.24) is 9.47 Å². The van der Waals surface area contributed by atoms with Crippen LogP contribution in [-0.4, -0.2) is 48.1 Å². The minimum Gasteiger partial charge on any atom is -0.493 e. The zero-order chi connectivity index (χ0) is 15.7. The monoisotopic (exact) mass is 358 g/mol. The normalized spacial score (nSPS) is 17.7. The number of hydrogen-bond acceptors (Lipinski definition) is 4. The summed E-state index contributed by atoms with van der Waals surface area (Å²) in [6, 6.07) is 0.0455. The van der Waals surface area contributed by atoms with E-state index >= 15 is 0 Å². The molecule has 116 valence electrons. The van der Waals surface area contributed by atoms with Crippen LogP contribution in [0.4, 0.5) is 0 Å². The second-order valence-electron chi connectivity index (χ2n) is 4.83. The van der Waals surface area contributed by atoms with Crippen LogP contribution in [-0.2, 0) is 4.74 Å². The highest BCUT2D eigenvalue weighted by molar-refractivity contribution is 9.10. The minimum atomic E-state index is -0.494. The zero-order valence-electron chi connectivity index (χ0n) is 12.6. The molecule has 6 nitrogen and oxygen atoms in total. The lowest BCUT2D eigenvalue weighted by Gasteiger charge is -2.32. The van der Waals surface area contributed by atoms with Gasteiger partial charge in [0.15, 0.2) is 11.4 Å². The quantitative estimate of drug-likeness (QED) is 0.775. The Hall–Kier alpha value is -1.50. The molecule has 1 aromatic heterocycles. The predicted molar refractivity (Wildman–Crippen MR) is 80.9 cm³/mol. The number of carbonyl (C=O) groups excluding carboxylic acids is 2. The van der Waals surface area contributed by atoms with E-state index in [1.54, 1.807) is 16.4 Å². The number of methoxy groups -OCH3 is 1. The van der Waals surface area contributed by atoms with Gasteiger partial charge in [-0.15, -0.1) is 0 Å². The van der Waals surface area contributed by atoms with Crippen LogP contribution in [0.15, 0.2) is 4.60 Å². The topological polar surface area (TPSA) is 60.8 Å². The van der Waals surface area contributed by atoms with Crippen molar-refractivity contribution in [1.29, 1.82) is 0 Å². The SMILES string of the molecule is CCOC(=O)c1c(OC)c2n(c1Br)[C@@H](C)CN(CC)C2=O. The van der Waals surface area contributed by atoms with Crippen molar-refractivity contribution in [3.05, 3.63) is 15.9 Å². The van der Waals surface area contributed by atoms with Crippen LogP contribution < -0.4 is 4.74 Å². The summed E-state index contributed by atoms with van der Waals surface area (Å²) in [5, 5.41) is 0. The maximum atomic E-state index is 12.6. The lowest BCUT2D eigenvalue weighted by Crippen LogP contribution is -2.42. The van der Waals surface area contributed by atoms with Gasteiger partial charge in [-0.3, -0.25) is 4.79 Å². The Morgan fingerprint density at radius 2 is 2.10 bits per heavy atom. The summed E-state index contributed by atoms with van der Waals surface area (Å²) in [6.45, 7) is 7.14. The zero-order valence-corrected chi connectivity index (χ0v) is 14.2. The van der Waals surface area contributed by atoms with Gasteiger partial charge in [0.1, 0.15) is 10.2 Å². The van der Waals surface area contributed by atoms with Crippen molar-refractivity contribution in [3.8, 4) is 5.75 Å². The van der Waals surface area contributed by atoms with Gasteiger partial charge in [-0.1, -0.05) is 0 Å². The Morgan fingerprint density at radius 1 is 1.43 bits per heavy atom. The van der Waals surface area contributed by atoms with Gasteiger partial charge in [-0.05, 0) is 36.7 Å². The average molecular weight is 359 g/mol. The standard InChI is InChI=1S/C14H19BrN2O4/c1-5-16-7-8(3)17-10(13(16)18)11(20-4)9(12(17)15)14(19)21-6-2/h8H,5-7H2,1-4H3/t8-/m0/s1. The van der Waals surface area contributed by atoms with Crippen LogP contribution in [0.25, 0.3) is 0 Å². The number of amides is 1. The number of halogens is 1. The lowest BCUT2D eigenvalue weighted by molar-refractivity contribution is 0.0521. The molecule has 0 N–H and O–H groups in total. The molecule has 0 unspecified atom stereocenters. The van der Waals surface area contributed by atoms with Crippen molar-refractivity contribution in [2.24, 2.45) is 0 Å². The fourth-order valence-corrected chi connectivity index (χ4v) is 3.51. The maximum Gasteiger partial charge on any atom is 0.344 e. The Kier molecular flexibility index (Phi) is 4.61. The number of esters is 1. The molecule has 21 heavy (non-hydrogen) atoms. The summed E-state index contributed by atoms with van der Waals surface area (Å²) < 4.78 is 12.7. The predicted octanol–water partition coefficient (Wildman–Crippen LogP) is 2.47. The summed E-state index contributed by atoms with van der Waals surface area (Å²) in [5.41, 5.74) is 0.667. The van der Waals surface area contributed by atoms with E-state index < -0.39 is 5.97 Å². The third-order valence-electron chi connectivity index (χ3n) is 3.58. The van der Waals surface area contributed by atoms with E-state index in [-0.39, 0.29) is 29.9 Å². The first-order valence-electron chi connectivity index (χ1n) is 6.91. The number of rotatable bonds is 4. The first-order valence-corrected chi connectivity index (χ1v) is 7.71. The molecule has 0 radical (unpaired) electrons. The van der Waals surface area contributed by atoms with Gasteiger partial charge in [0.2, 0.25) is 0 Å². The smallest absolute Gasteiger partial charge is 0.344 e. The van der Waals surface area contributed by atoms with Crippen LogP contribution >= 0.6 is 15.9 Å². The fourth-order valence-electron chi connectivity index (χ4n) is 2.64. The molecule has 2 rings (SSSR count). The van der Waals surface area contributed by atoms with E-state index in [0.717, 1.165) is 0 Å². The first-order chi connectivity index (χ1) is 9.97. The van der Waals surface area contributed by atoms with Crippen molar-refractivity contribution in [2.45, 2.75) is 26.8 Å². The van der Waals surface area contributed by atoms with Gasteiger partial charge in [-0.25, -0.2) is 4.79 Å². The van der Waals surface area contributed by atoms with Crippen molar-refractivity contribution >= 4 is 27.8 Å². The van der Waals surface area contributed by atoms with Crippen molar-refractivity contribution in [3.63, 3.8) is 0 Å². The molecule has 1 amide bonds. The Bertz CT molecular complexity index is 582. The minimum absolute atomic E-state index is 0.0455. The van der Waals surface area contributed by atoms with Gasteiger partial charge < -0.3 is 18.9 Å². The van der Waals surface area contributed by atoms with E-state index in [1.807, 2.05) is 13.8 Å². The summed E-state index contributed by atoms with van der Waals surface area (Å²) in [7, 11) is 1.45. The summed E-state index contributed by atoms with van der Waals surface area (Å²) in [6.07, 6.45) is 0. The van der Waals surface area contributed by atoms with Crippen molar-refractivity contribution in [2.75, 3.05) is 26.8 Å².